The van der Waals surface area contributed by atoms with E-state index in [1.807, 2.05) is 0 Å². The summed E-state index contributed by atoms with van der Waals surface area (Å²) in [6, 6.07) is 0. The smallest absolute Gasteiger partial charge is 0.473 e. The summed E-state index contributed by atoms with van der Waals surface area (Å²) in [4.78, 5) is 23.1. The van der Waals surface area contributed by atoms with Gasteiger partial charge < -0.3 is 10.00 Å². The molecule has 0 spiro atoms. The Morgan fingerprint density at radius 2 is 2.06 bits per heavy atom. The number of alkyl halides is 1. The zero-order valence-electron chi connectivity index (χ0n) is 8.28. The maximum Gasteiger partial charge on any atom is 0.473 e. The SMILES string of the molecule is CC(CCl)OP(=O)(O)OC(COO)C(=O)O. The largest absolute Gasteiger partial charge is 0.479 e. The van der Waals surface area contributed by atoms with E-state index in [2.05, 4.69) is 13.9 Å². The lowest BCUT2D eigenvalue weighted by atomic mass is 10.4. The van der Waals surface area contributed by atoms with Crippen LogP contribution >= 0.6 is 19.4 Å². The molecular weight excluding hydrogens is 266 g/mol. The third-order valence-electron chi connectivity index (χ3n) is 1.29. The first-order chi connectivity index (χ1) is 7.32. The fourth-order valence-electron chi connectivity index (χ4n) is 0.656. The highest BCUT2D eigenvalue weighted by atomic mass is 35.5. The minimum Gasteiger partial charge on any atom is -0.479 e. The molecule has 0 bridgehead atoms. The molecule has 3 unspecified atom stereocenters. The van der Waals surface area contributed by atoms with Crippen molar-refractivity contribution >= 4 is 25.4 Å². The summed E-state index contributed by atoms with van der Waals surface area (Å²) in [6.07, 6.45) is -2.61. The summed E-state index contributed by atoms with van der Waals surface area (Å²) in [7, 11) is -4.56. The number of hydrogen-bond acceptors (Lipinski definition) is 6. The Balaban J connectivity index is 4.41. The summed E-state index contributed by atoms with van der Waals surface area (Å²) in [5.74, 6) is -1.65. The van der Waals surface area contributed by atoms with Gasteiger partial charge in [-0.25, -0.2) is 14.2 Å². The maximum absolute atomic E-state index is 11.2. The lowest BCUT2D eigenvalue weighted by Gasteiger charge is -2.18. The molecule has 0 aliphatic carbocycles. The molecule has 0 saturated heterocycles. The minimum atomic E-state index is -4.56. The Labute approximate surface area is 96.2 Å². The second kappa shape index (κ2) is 7.18. The monoisotopic (exact) mass is 278 g/mol. The van der Waals surface area contributed by atoms with Gasteiger partial charge in [-0.2, -0.15) is 0 Å². The van der Waals surface area contributed by atoms with E-state index in [9.17, 15) is 9.36 Å². The van der Waals surface area contributed by atoms with E-state index >= 15 is 0 Å². The minimum absolute atomic E-state index is 0.0673. The first-order valence-corrected chi connectivity index (χ1v) is 6.10. The Morgan fingerprint density at radius 1 is 1.50 bits per heavy atom. The third-order valence-corrected chi connectivity index (χ3v) is 2.87. The average molecular weight is 279 g/mol. The summed E-state index contributed by atoms with van der Waals surface area (Å²) >= 11 is 5.32. The molecule has 0 heterocycles. The Kier molecular flexibility index (Phi) is 7.09. The van der Waals surface area contributed by atoms with Crippen molar-refractivity contribution in [3.63, 3.8) is 0 Å². The molecule has 0 aliphatic rings. The Bertz CT molecular complexity index is 271. The lowest BCUT2D eigenvalue weighted by molar-refractivity contribution is -0.255. The van der Waals surface area contributed by atoms with Crippen LogP contribution in [0.3, 0.4) is 0 Å². The molecule has 0 aromatic rings. The standard InChI is InChI=1S/C6H12ClO8P/c1-4(2-7)14-16(11,12)15-5(3-13-10)6(8)9/h4-5,10H,2-3H2,1H3,(H,8,9)(H,11,12). The molecule has 0 aliphatic heterocycles. The van der Waals surface area contributed by atoms with Gasteiger partial charge in [0.15, 0.2) is 6.10 Å². The molecule has 3 atom stereocenters. The van der Waals surface area contributed by atoms with Crippen LogP contribution in [0.15, 0.2) is 0 Å². The Hall–Kier alpha value is -0.210. The molecule has 3 N–H and O–H groups in total. The Morgan fingerprint density at radius 3 is 2.44 bits per heavy atom. The van der Waals surface area contributed by atoms with E-state index in [0.717, 1.165) is 0 Å². The van der Waals surface area contributed by atoms with Gasteiger partial charge in [-0.1, -0.05) is 0 Å². The normalized spacial score (nSPS) is 18.8. The van der Waals surface area contributed by atoms with Crippen LogP contribution in [0.2, 0.25) is 0 Å². The van der Waals surface area contributed by atoms with Gasteiger partial charge in [-0.15, -0.1) is 11.6 Å². The molecular formula is C6H12ClO8P. The molecule has 0 radical (unpaired) electrons. The summed E-state index contributed by atoms with van der Waals surface area (Å²) in [5, 5.41) is 16.6. The molecule has 0 aromatic heterocycles. The number of carboxylic acids is 1. The zero-order valence-corrected chi connectivity index (χ0v) is 9.93. The average Bonchev–Trinajstić information content (AvgIpc) is 2.15. The molecule has 0 rings (SSSR count). The topological polar surface area (TPSA) is 123 Å². The van der Waals surface area contributed by atoms with Crippen molar-refractivity contribution in [3.8, 4) is 0 Å². The van der Waals surface area contributed by atoms with Crippen LogP contribution in [-0.2, 0) is 23.3 Å². The number of halogens is 1. The lowest BCUT2D eigenvalue weighted by Crippen LogP contribution is -2.28. The van der Waals surface area contributed by atoms with Crippen LogP contribution in [0.25, 0.3) is 0 Å². The second-order valence-electron chi connectivity index (χ2n) is 2.77. The molecule has 10 heteroatoms. The predicted molar refractivity (Wildman–Crippen MR) is 52.2 cm³/mol. The van der Waals surface area contributed by atoms with Crippen LogP contribution in [-0.4, -0.2) is 45.9 Å². The molecule has 0 amide bonds. The van der Waals surface area contributed by atoms with E-state index in [1.165, 1.54) is 6.92 Å². The van der Waals surface area contributed by atoms with Gasteiger partial charge in [-0.05, 0) is 6.92 Å². The molecule has 0 aromatic carbocycles. The van der Waals surface area contributed by atoms with Crippen molar-refractivity contribution in [1.82, 2.24) is 0 Å². The molecule has 16 heavy (non-hydrogen) atoms. The van der Waals surface area contributed by atoms with E-state index in [4.69, 9.17) is 26.9 Å². The van der Waals surface area contributed by atoms with Gasteiger partial charge in [0.2, 0.25) is 0 Å². The fourth-order valence-corrected chi connectivity index (χ4v) is 1.86. The zero-order chi connectivity index (χ0) is 12.8. The predicted octanol–water partition coefficient (Wildman–Crippen LogP) is 0.690. The third kappa shape index (κ3) is 6.39. The van der Waals surface area contributed by atoms with E-state index < -0.39 is 32.6 Å². The highest BCUT2D eigenvalue weighted by Gasteiger charge is 2.32. The number of aliphatic carboxylic acids is 1. The van der Waals surface area contributed by atoms with Crippen molar-refractivity contribution in [1.29, 1.82) is 0 Å². The van der Waals surface area contributed by atoms with Crippen LogP contribution in [0, 0.1) is 0 Å². The number of phosphoric acid groups is 1. The summed E-state index contributed by atoms with van der Waals surface area (Å²) < 4.78 is 20.0. The van der Waals surface area contributed by atoms with Gasteiger partial charge in [0.25, 0.3) is 0 Å². The van der Waals surface area contributed by atoms with Crippen molar-refractivity contribution in [2.75, 3.05) is 12.5 Å². The van der Waals surface area contributed by atoms with Gasteiger partial charge >= 0.3 is 13.8 Å². The number of carbonyl (C=O) groups is 1. The maximum atomic E-state index is 11.2. The van der Waals surface area contributed by atoms with Gasteiger partial charge in [0.05, 0.1) is 6.10 Å². The van der Waals surface area contributed by atoms with Gasteiger partial charge in [0, 0.05) is 5.88 Å². The van der Waals surface area contributed by atoms with Crippen LogP contribution < -0.4 is 0 Å². The second-order valence-corrected chi connectivity index (χ2v) is 4.43. The first-order valence-electron chi connectivity index (χ1n) is 4.07. The van der Waals surface area contributed by atoms with Crippen molar-refractivity contribution < 1.29 is 38.6 Å². The van der Waals surface area contributed by atoms with Gasteiger partial charge in [0.1, 0.15) is 6.61 Å². The number of carboxylic acid groups (broad SMARTS) is 1. The molecule has 0 fully saturated rings. The van der Waals surface area contributed by atoms with Crippen molar-refractivity contribution in [3.05, 3.63) is 0 Å². The van der Waals surface area contributed by atoms with Crippen molar-refractivity contribution in [2.45, 2.75) is 19.1 Å². The van der Waals surface area contributed by atoms with Gasteiger partial charge in [-0.3, -0.25) is 14.3 Å². The number of rotatable bonds is 8. The highest BCUT2D eigenvalue weighted by molar-refractivity contribution is 7.47. The molecule has 0 saturated carbocycles. The summed E-state index contributed by atoms with van der Waals surface area (Å²) in [6.45, 7) is 0.593. The van der Waals surface area contributed by atoms with E-state index in [0.29, 0.717) is 0 Å². The fraction of sp³-hybridized carbons (Fsp3) is 0.833. The van der Waals surface area contributed by atoms with Crippen LogP contribution in [0.1, 0.15) is 6.92 Å². The number of hydrogen-bond donors (Lipinski definition) is 3. The van der Waals surface area contributed by atoms with Crippen LogP contribution in [0.5, 0.6) is 0 Å². The molecule has 96 valence electrons. The summed E-state index contributed by atoms with van der Waals surface area (Å²) in [5.41, 5.74) is 0. The van der Waals surface area contributed by atoms with E-state index in [1.54, 1.807) is 0 Å². The van der Waals surface area contributed by atoms with Crippen LogP contribution in [0.4, 0.5) is 0 Å². The first kappa shape index (κ1) is 15.8. The van der Waals surface area contributed by atoms with E-state index in [-0.39, 0.29) is 5.88 Å². The molecule has 8 nitrogen and oxygen atoms in total. The highest BCUT2D eigenvalue weighted by Crippen LogP contribution is 2.46. The van der Waals surface area contributed by atoms with Crippen molar-refractivity contribution in [2.24, 2.45) is 0 Å². The quantitative estimate of drug-likeness (QED) is 0.256. The number of phosphoric ester groups is 1.